The fourth-order valence-corrected chi connectivity index (χ4v) is 3.76. The van der Waals surface area contributed by atoms with Crippen LogP contribution in [0.1, 0.15) is 17.0 Å². The van der Waals surface area contributed by atoms with Gasteiger partial charge in [0, 0.05) is 29.9 Å². The summed E-state index contributed by atoms with van der Waals surface area (Å²) in [5.41, 5.74) is 2.30. The summed E-state index contributed by atoms with van der Waals surface area (Å²) in [5.74, 6) is 0.332. The molecule has 0 bridgehead atoms. The van der Waals surface area contributed by atoms with Crippen molar-refractivity contribution in [2.75, 3.05) is 0 Å². The van der Waals surface area contributed by atoms with Gasteiger partial charge in [0.1, 0.15) is 16.6 Å². The fraction of sp³-hybridized carbons (Fsp3) is 0.136. The minimum Gasteiger partial charge on any atom is -0.467 e. The van der Waals surface area contributed by atoms with Gasteiger partial charge in [-0.1, -0.05) is 18.2 Å². The van der Waals surface area contributed by atoms with Crippen LogP contribution in [0.2, 0.25) is 0 Å². The molecule has 1 amide bonds. The van der Waals surface area contributed by atoms with Gasteiger partial charge in [-0.05, 0) is 35.9 Å². The van der Waals surface area contributed by atoms with Crippen LogP contribution >= 0.6 is 11.3 Å². The summed E-state index contributed by atoms with van der Waals surface area (Å²) < 4.78 is 18.9. The van der Waals surface area contributed by atoms with Crippen molar-refractivity contribution < 1.29 is 13.6 Å². The zero-order chi connectivity index (χ0) is 20.1. The van der Waals surface area contributed by atoms with E-state index in [4.69, 9.17) is 4.42 Å². The summed E-state index contributed by atoms with van der Waals surface area (Å²) in [4.78, 5) is 23.4. The summed E-state index contributed by atoms with van der Waals surface area (Å²) in [7, 11) is 0. The molecule has 3 heterocycles. The molecule has 4 aromatic rings. The number of thiazole rings is 1. The van der Waals surface area contributed by atoms with Crippen LogP contribution < -0.4 is 0 Å². The topological polar surface area (TPSA) is 59.2 Å². The minimum absolute atomic E-state index is 0.0682. The number of aromatic nitrogens is 2. The smallest absolute Gasteiger partial charge is 0.229 e. The van der Waals surface area contributed by atoms with Gasteiger partial charge in [0.15, 0.2) is 0 Å². The largest absolute Gasteiger partial charge is 0.467 e. The first-order valence-corrected chi connectivity index (χ1v) is 9.95. The Morgan fingerprint density at radius 3 is 2.83 bits per heavy atom. The van der Waals surface area contributed by atoms with Gasteiger partial charge in [0.25, 0.3) is 0 Å². The van der Waals surface area contributed by atoms with Crippen LogP contribution in [0, 0.1) is 5.82 Å². The molecular weight excluding hydrogens is 389 g/mol. The fourth-order valence-electron chi connectivity index (χ4n) is 2.94. The Morgan fingerprint density at radius 2 is 2.07 bits per heavy atom. The molecule has 0 N–H and O–H groups in total. The van der Waals surface area contributed by atoms with E-state index in [0.29, 0.717) is 35.1 Å². The van der Waals surface area contributed by atoms with Crippen molar-refractivity contribution >= 4 is 17.2 Å². The first-order valence-electron chi connectivity index (χ1n) is 9.07. The number of amides is 1. The third kappa shape index (κ3) is 4.94. The number of nitrogens with zero attached hydrogens (tertiary/aromatic N) is 3. The molecule has 0 unspecified atom stereocenters. The second-order valence-corrected chi connectivity index (χ2v) is 7.38. The minimum atomic E-state index is -0.309. The van der Waals surface area contributed by atoms with E-state index in [1.165, 1.54) is 23.5 Å². The summed E-state index contributed by atoms with van der Waals surface area (Å²) in [6, 6.07) is 13.7. The number of hydrogen-bond donors (Lipinski definition) is 0. The van der Waals surface area contributed by atoms with Gasteiger partial charge in [0.05, 0.1) is 24.9 Å². The van der Waals surface area contributed by atoms with E-state index in [-0.39, 0.29) is 18.1 Å². The number of pyridine rings is 1. The van der Waals surface area contributed by atoms with Gasteiger partial charge in [-0.15, -0.1) is 11.3 Å². The van der Waals surface area contributed by atoms with Crippen molar-refractivity contribution in [1.82, 2.24) is 14.9 Å². The maximum Gasteiger partial charge on any atom is 0.229 e. The molecule has 146 valence electrons. The SMILES string of the molecule is O=C(Cc1csc(-c2cccc(F)c2)n1)N(Cc1cccnc1)Cc1ccco1. The Hall–Kier alpha value is -3.32. The van der Waals surface area contributed by atoms with Crippen molar-refractivity contribution in [3.05, 3.63) is 95.4 Å². The maximum atomic E-state index is 13.5. The first kappa shape index (κ1) is 19.0. The van der Waals surface area contributed by atoms with E-state index in [1.807, 2.05) is 23.6 Å². The molecule has 0 spiro atoms. The van der Waals surface area contributed by atoms with E-state index < -0.39 is 0 Å². The summed E-state index contributed by atoms with van der Waals surface area (Å²) in [5, 5.41) is 2.53. The second kappa shape index (κ2) is 8.79. The van der Waals surface area contributed by atoms with Crippen molar-refractivity contribution in [3.63, 3.8) is 0 Å². The number of carbonyl (C=O) groups is 1. The Bertz CT molecular complexity index is 1080. The number of carbonyl (C=O) groups excluding carboxylic acids is 1. The van der Waals surface area contributed by atoms with Crippen LogP contribution in [-0.4, -0.2) is 20.8 Å². The van der Waals surface area contributed by atoms with Gasteiger partial charge < -0.3 is 9.32 Å². The molecule has 0 fully saturated rings. The quantitative estimate of drug-likeness (QED) is 0.445. The zero-order valence-electron chi connectivity index (χ0n) is 15.5. The van der Waals surface area contributed by atoms with Gasteiger partial charge in [-0.3, -0.25) is 9.78 Å². The highest BCUT2D eigenvalue weighted by molar-refractivity contribution is 7.13. The van der Waals surface area contributed by atoms with E-state index >= 15 is 0 Å². The summed E-state index contributed by atoms with van der Waals surface area (Å²) in [6.07, 6.45) is 5.19. The third-order valence-electron chi connectivity index (χ3n) is 4.33. The van der Waals surface area contributed by atoms with E-state index in [9.17, 15) is 9.18 Å². The Labute approximate surface area is 171 Å². The van der Waals surface area contributed by atoms with Gasteiger partial charge in [0.2, 0.25) is 5.91 Å². The molecule has 4 rings (SSSR count). The zero-order valence-corrected chi connectivity index (χ0v) is 16.3. The Kier molecular flexibility index (Phi) is 5.76. The monoisotopic (exact) mass is 407 g/mol. The summed E-state index contributed by atoms with van der Waals surface area (Å²) >= 11 is 1.40. The van der Waals surface area contributed by atoms with Crippen LogP contribution in [-0.2, 0) is 24.3 Å². The van der Waals surface area contributed by atoms with Crippen LogP contribution in [0.15, 0.2) is 77.0 Å². The average molecular weight is 407 g/mol. The number of halogens is 1. The van der Waals surface area contributed by atoms with Crippen molar-refractivity contribution in [2.45, 2.75) is 19.5 Å². The third-order valence-corrected chi connectivity index (χ3v) is 5.27. The van der Waals surface area contributed by atoms with E-state index in [0.717, 1.165) is 5.56 Å². The standard InChI is InChI=1S/C22H18FN3O2S/c23-18-6-1-5-17(10-18)22-25-19(15-29-22)11-21(27)26(14-20-7-3-9-28-20)13-16-4-2-8-24-12-16/h1-10,12,15H,11,13-14H2. The lowest BCUT2D eigenvalue weighted by Crippen LogP contribution is -2.31. The molecule has 0 saturated heterocycles. The molecule has 0 atom stereocenters. The number of hydrogen-bond acceptors (Lipinski definition) is 5. The van der Waals surface area contributed by atoms with E-state index in [2.05, 4.69) is 9.97 Å². The first-order chi connectivity index (χ1) is 14.2. The Balaban J connectivity index is 1.50. The second-order valence-electron chi connectivity index (χ2n) is 6.52. The normalized spacial score (nSPS) is 10.8. The highest BCUT2D eigenvalue weighted by atomic mass is 32.1. The summed E-state index contributed by atoms with van der Waals surface area (Å²) in [6.45, 7) is 0.788. The molecule has 3 aromatic heterocycles. The predicted molar refractivity (Wildman–Crippen MR) is 108 cm³/mol. The molecule has 5 nitrogen and oxygen atoms in total. The number of rotatable bonds is 7. The number of furan rings is 1. The highest BCUT2D eigenvalue weighted by Gasteiger charge is 2.18. The van der Waals surface area contributed by atoms with Crippen molar-refractivity contribution in [1.29, 1.82) is 0 Å². The highest BCUT2D eigenvalue weighted by Crippen LogP contribution is 2.25. The van der Waals surface area contributed by atoms with Gasteiger partial charge in [-0.2, -0.15) is 0 Å². The predicted octanol–water partition coefficient (Wildman–Crippen LogP) is 4.71. The molecule has 7 heteroatoms. The Morgan fingerprint density at radius 1 is 1.14 bits per heavy atom. The van der Waals surface area contributed by atoms with E-state index in [1.54, 1.807) is 41.8 Å². The molecule has 0 aliphatic carbocycles. The molecule has 0 radical (unpaired) electrons. The lowest BCUT2D eigenvalue weighted by atomic mass is 10.2. The maximum absolute atomic E-state index is 13.5. The van der Waals surface area contributed by atoms with Crippen LogP contribution in [0.3, 0.4) is 0 Å². The average Bonchev–Trinajstić information content (AvgIpc) is 3.40. The van der Waals surface area contributed by atoms with Gasteiger partial charge in [-0.25, -0.2) is 9.37 Å². The lowest BCUT2D eigenvalue weighted by Gasteiger charge is -2.21. The molecule has 29 heavy (non-hydrogen) atoms. The molecule has 0 saturated carbocycles. The van der Waals surface area contributed by atoms with Crippen LogP contribution in [0.5, 0.6) is 0 Å². The number of benzene rings is 1. The molecule has 0 aliphatic heterocycles. The van der Waals surface area contributed by atoms with Crippen LogP contribution in [0.25, 0.3) is 10.6 Å². The van der Waals surface area contributed by atoms with Crippen LogP contribution in [0.4, 0.5) is 4.39 Å². The molecule has 0 aliphatic rings. The van der Waals surface area contributed by atoms with Crippen molar-refractivity contribution in [2.24, 2.45) is 0 Å². The molecular formula is C22H18FN3O2S. The molecule has 1 aromatic carbocycles. The lowest BCUT2D eigenvalue weighted by molar-refractivity contribution is -0.132. The van der Waals surface area contributed by atoms with Gasteiger partial charge >= 0.3 is 0 Å². The van der Waals surface area contributed by atoms with Crippen molar-refractivity contribution in [3.8, 4) is 10.6 Å².